The third-order valence-electron chi connectivity index (χ3n) is 5.05. The number of hydrogen-bond acceptors (Lipinski definition) is 4. The first kappa shape index (κ1) is 20.7. The monoisotopic (exact) mass is 418 g/mol. The van der Waals surface area contributed by atoms with Gasteiger partial charge in [0.15, 0.2) is 0 Å². The highest BCUT2D eigenvalue weighted by Gasteiger charge is 2.30. The SMILES string of the molecule is Cn1ccc2cc(CC(=O)OC(C(=O)OC(C)(C)C)c3ccc4[nH]ccc4c3)ccc21. The van der Waals surface area contributed by atoms with Crippen LogP contribution in [0.1, 0.15) is 38.0 Å². The number of aromatic amines is 1. The van der Waals surface area contributed by atoms with E-state index < -0.39 is 23.6 Å². The van der Waals surface area contributed by atoms with Crippen molar-refractivity contribution in [1.29, 1.82) is 0 Å². The zero-order chi connectivity index (χ0) is 22.2. The molecule has 31 heavy (non-hydrogen) atoms. The number of aromatic nitrogens is 2. The molecule has 1 unspecified atom stereocenters. The maximum atomic E-state index is 12.9. The van der Waals surface area contributed by atoms with Crippen molar-refractivity contribution in [1.82, 2.24) is 9.55 Å². The average Bonchev–Trinajstić information content (AvgIpc) is 3.30. The zero-order valence-electron chi connectivity index (χ0n) is 18.1. The van der Waals surface area contributed by atoms with Gasteiger partial charge in [0.25, 0.3) is 0 Å². The van der Waals surface area contributed by atoms with E-state index >= 15 is 0 Å². The highest BCUT2D eigenvalue weighted by Crippen LogP contribution is 2.26. The molecule has 0 fully saturated rings. The van der Waals surface area contributed by atoms with Gasteiger partial charge in [-0.2, -0.15) is 0 Å². The molecule has 0 saturated heterocycles. The van der Waals surface area contributed by atoms with E-state index in [0.29, 0.717) is 5.56 Å². The normalized spacial score (nSPS) is 12.8. The largest absolute Gasteiger partial charge is 0.457 e. The summed E-state index contributed by atoms with van der Waals surface area (Å²) in [4.78, 5) is 28.8. The molecule has 4 aromatic rings. The summed E-state index contributed by atoms with van der Waals surface area (Å²) in [5.74, 6) is -1.07. The second-order valence-electron chi connectivity index (χ2n) is 8.72. The van der Waals surface area contributed by atoms with E-state index in [4.69, 9.17) is 9.47 Å². The zero-order valence-corrected chi connectivity index (χ0v) is 18.1. The van der Waals surface area contributed by atoms with Gasteiger partial charge < -0.3 is 19.0 Å². The summed E-state index contributed by atoms with van der Waals surface area (Å²) in [7, 11) is 1.98. The highest BCUT2D eigenvalue weighted by atomic mass is 16.6. The van der Waals surface area contributed by atoms with Gasteiger partial charge in [-0.1, -0.05) is 12.1 Å². The number of aryl methyl sites for hydroxylation is 1. The second-order valence-corrected chi connectivity index (χ2v) is 8.72. The van der Waals surface area contributed by atoms with Crippen LogP contribution in [0.5, 0.6) is 0 Å². The Morgan fingerprint density at radius 3 is 2.61 bits per heavy atom. The lowest BCUT2D eigenvalue weighted by Gasteiger charge is -2.24. The van der Waals surface area contributed by atoms with Crippen molar-refractivity contribution >= 4 is 33.7 Å². The van der Waals surface area contributed by atoms with E-state index in [1.54, 1.807) is 26.8 Å². The van der Waals surface area contributed by atoms with Crippen LogP contribution in [0.4, 0.5) is 0 Å². The van der Waals surface area contributed by atoms with Crippen LogP contribution in [0.3, 0.4) is 0 Å². The van der Waals surface area contributed by atoms with E-state index in [0.717, 1.165) is 27.4 Å². The number of hydrogen-bond donors (Lipinski definition) is 1. The smallest absolute Gasteiger partial charge is 0.352 e. The molecule has 2 aromatic heterocycles. The van der Waals surface area contributed by atoms with Crippen molar-refractivity contribution in [2.75, 3.05) is 0 Å². The summed E-state index contributed by atoms with van der Waals surface area (Å²) in [5.41, 5.74) is 2.73. The summed E-state index contributed by atoms with van der Waals surface area (Å²) in [5, 5.41) is 1.98. The van der Waals surface area contributed by atoms with Crippen LogP contribution >= 0.6 is 0 Å². The number of rotatable bonds is 5. The molecule has 160 valence electrons. The van der Waals surface area contributed by atoms with Crippen LogP contribution in [0.25, 0.3) is 21.8 Å². The van der Waals surface area contributed by atoms with Crippen LogP contribution < -0.4 is 0 Å². The minimum atomic E-state index is -1.13. The van der Waals surface area contributed by atoms with Crippen molar-refractivity contribution in [2.45, 2.75) is 38.9 Å². The Balaban J connectivity index is 1.57. The molecule has 1 atom stereocenters. The fraction of sp³-hybridized carbons (Fsp3) is 0.280. The van der Waals surface area contributed by atoms with Crippen molar-refractivity contribution in [3.8, 4) is 0 Å². The molecule has 0 bridgehead atoms. The van der Waals surface area contributed by atoms with Crippen molar-refractivity contribution < 1.29 is 19.1 Å². The highest BCUT2D eigenvalue weighted by molar-refractivity contribution is 5.86. The molecule has 0 aliphatic rings. The number of nitrogens with one attached hydrogen (secondary N) is 1. The van der Waals surface area contributed by atoms with Crippen LogP contribution in [0.15, 0.2) is 60.9 Å². The van der Waals surface area contributed by atoms with E-state index in [9.17, 15) is 9.59 Å². The van der Waals surface area contributed by atoms with E-state index in [2.05, 4.69) is 4.98 Å². The fourth-order valence-electron chi connectivity index (χ4n) is 3.62. The topological polar surface area (TPSA) is 73.3 Å². The number of benzene rings is 2. The lowest BCUT2D eigenvalue weighted by atomic mass is 10.1. The standard InChI is InChI=1S/C25H26N2O4/c1-25(2,3)31-24(29)23(19-6-7-20-17(15-19)9-11-26-20)30-22(28)14-16-5-8-21-18(13-16)10-12-27(21)4/h5-13,15,23,26H,14H2,1-4H3. The first-order valence-electron chi connectivity index (χ1n) is 10.2. The molecule has 1 N–H and O–H groups in total. The van der Waals surface area contributed by atoms with Gasteiger partial charge in [-0.15, -0.1) is 0 Å². The molecule has 0 aliphatic heterocycles. The summed E-state index contributed by atoms with van der Waals surface area (Å²) < 4.78 is 13.2. The number of H-pyrrole nitrogens is 1. The molecule has 0 amide bonds. The van der Waals surface area contributed by atoms with Gasteiger partial charge in [0, 0.05) is 36.0 Å². The summed E-state index contributed by atoms with van der Waals surface area (Å²) in [6, 6.07) is 15.2. The van der Waals surface area contributed by atoms with Gasteiger partial charge in [0.2, 0.25) is 6.10 Å². The molecule has 2 aromatic carbocycles. The van der Waals surface area contributed by atoms with E-state index in [-0.39, 0.29) is 6.42 Å². The predicted molar refractivity (Wildman–Crippen MR) is 120 cm³/mol. The Kier molecular flexibility index (Phi) is 5.31. The van der Waals surface area contributed by atoms with Crippen molar-refractivity contribution in [2.24, 2.45) is 7.05 Å². The molecule has 0 radical (unpaired) electrons. The lowest BCUT2D eigenvalue weighted by Crippen LogP contribution is -2.30. The minimum Gasteiger partial charge on any atom is -0.457 e. The number of esters is 2. The molecule has 4 rings (SSSR count). The maximum absolute atomic E-state index is 12.9. The van der Waals surface area contributed by atoms with Crippen molar-refractivity contribution in [3.05, 3.63) is 72.1 Å². The second kappa shape index (κ2) is 7.95. The molecule has 0 aliphatic carbocycles. The molecular formula is C25H26N2O4. The third-order valence-corrected chi connectivity index (χ3v) is 5.05. The van der Waals surface area contributed by atoms with Crippen LogP contribution in [0, 0.1) is 0 Å². The van der Waals surface area contributed by atoms with Crippen LogP contribution in [-0.4, -0.2) is 27.1 Å². The average molecular weight is 418 g/mol. The number of nitrogens with zero attached hydrogens (tertiary/aromatic N) is 1. The summed E-state index contributed by atoms with van der Waals surface area (Å²) in [6.45, 7) is 5.36. The Bertz CT molecular complexity index is 1260. The number of carbonyl (C=O) groups excluding carboxylic acids is 2. The van der Waals surface area contributed by atoms with Gasteiger partial charge in [0.1, 0.15) is 5.60 Å². The Labute approximate surface area is 180 Å². The van der Waals surface area contributed by atoms with E-state index in [1.165, 1.54) is 0 Å². The van der Waals surface area contributed by atoms with Crippen LogP contribution in [-0.2, 0) is 32.5 Å². The molecule has 0 spiro atoms. The maximum Gasteiger partial charge on any atom is 0.352 e. The third kappa shape index (κ3) is 4.63. The molecule has 6 heteroatoms. The predicted octanol–water partition coefficient (Wildman–Crippen LogP) is 4.83. The van der Waals surface area contributed by atoms with Gasteiger partial charge in [-0.3, -0.25) is 4.79 Å². The molecular weight excluding hydrogens is 392 g/mol. The molecule has 0 saturated carbocycles. The quantitative estimate of drug-likeness (QED) is 0.471. The fourth-order valence-corrected chi connectivity index (χ4v) is 3.62. The van der Waals surface area contributed by atoms with Crippen LogP contribution in [0.2, 0.25) is 0 Å². The van der Waals surface area contributed by atoms with Crippen molar-refractivity contribution in [3.63, 3.8) is 0 Å². The number of carbonyl (C=O) groups is 2. The summed E-state index contributed by atoms with van der Waals surface area (Å²) >= 11 is 0. The van der Waals surface area contributed by atoms with Gasteiger partial charge in [-0.05, 0) is 73.5 Å². The van der Waals surface area contributed by atoms with Gasteiger partial charge in [0.05, 0.1) is 6.42 Å². The first-order chi connectivity index (χ1) is 14.7. The molecule has 2 heterocycles. The Hall–Kier alpha value is -3.54. The Morgan fingerprint density at radius 1 is 1.03 bits per heavy atom. The first-order valence-corrected chi connectivity index (χ1v) is 10.2. The number of fused-ring (bicyclic) bond motifs is 2. The lowest BCUT2D eigenvalue weighted by molar-refractivity contribution is -0.176. The minimum absolute atomic E-state index is 0.0660. The molecule has 6 nitrogen and oxygen atoms in total. The summed E-state index contributed by atoms with van der Waals surface area (Å²) in [6.07, 6.45) is 2.73. The number of ether oxygens (including phenoxy) is 2. The van der Waals surface area contributed by atoms with Gasteiger partial charge in [-0.25, -0.2) is 4.79 Å². The Morgan fingerprint density at radius 2 is 1.84 bits per heavy atom. The van der Waals surface area contributed by atoms with E-state index in [1.807, 2.05) is 66.5 Å². The van der Waals surface area contributed by atoms with Gasteiger partial charge >= 0.3 is 11.9 Å².